The molecule has 0 spiro atoms. The van der Waals surface area contributed by atoms with Gasteiger partial charge >= 0.3 is 0 Å². The van der Waals surface area contributed by atoms with Crippen molar-refractivity contribution >= 4 is 28.2 Å². The van der Waals surface area contributed by atoms with Gasteiger partial charge in [0.2, 0.25) is 0 Å². The summed E-state index contributed by atoms with van der Waals surface area (Å²) in [6, 6.07) is 2.12. The molecule has 0 atom stereocenters. The standard InChI is InChI=1S/C10H14BrN3.C5H10O2/c1-8-6-9(11)7-13-10(8)14-4-2-12-3-5-14;1-5(2,3)7-4-6/h6-7,12H,2-5H2,1H3;4H,1-3H3. The summed E-state index contributed by atoms with van der Waals surface area (Å²) in [5.74, 6) is 1.12. The minimum atomic E-state index is -0.318. The molecule has 1 N–H and O–H groups in total. The maximum Gasteiger partial charge on any atom is 0.293 e. The molecule has 0 bridgehead atoms. The second-order valence-corrected chi connectivity index (χ2v) is 6.77. The average Bonchev–Trinajstić information content (AvgIpc) is 2.39. The lowest BCUT2D eigenvalue weighted by atomic mass is 10.2. The number of nitrogens with zero attached hydrogens (tertiary/aromatic N) is 2. The number of carbonyl (C=O) groups excluding carboxylic acids is 1. The fourth-order valence-electron chi connectivity index (χ4n) is 1.89. The van der Waals surface area contributed by atoms with Crippen LogP contribution in [0.4, 0.5) is 5.82 Å². The van der Waals surface area contributed by atoms with Gasteiger partial charge in [-0.2, -0.15) is 0 Å². The number of nitrogens with one attached hydrogen (secondary N) is 1. The van der Waals surface area contributed by atoms with E-state index in [1.807, 2.05) is 27.0 Å². The molecule has 1 aliphatic rings. The van der Waals surface area contributed by atoms with Crippen molar-refractivity contribution in [3.05, 3.63) is 22.3 Å². The molecule has 6 heteroatoms. The van der Waals surface area contributed by atoms with Crippen LogP contribution in [0.5, 0.6) is 0 Å². The summed E-state index contributed by atoms with van der Waals surface area (Å²) < 4.78 is 5.60. The van der Waals surface area contributed by atoms with Gasteiger partial charge in [0.1, 0.15) is 11.4 Å². The number of rotatable bonds is 2. The van der Waals surface area contributed by atoms with Gasteiger partial charge in [-0.3, -0.25) is 4.79 Å². The Morgan fingerprint density at radius 3 is 2.43 bits per heavy atom. The molecule has 1 fully saturated rings. The number of aromatic nitrogens is 1. The Bertz CT molecular complexity index is 455. The lowest BCUT2D eigenvalue weighted by Gasteiger charge is -2.29. The van der Waals surface area contributed by atoms with Crippen molar-refractivity contribution in [3.8, 4) is 0 Å². The van der Waals surface area contributed by atoms with E-state index in [2.05, 4.69) is 48.9 Å². The van der Waals surface area contributed by atoms with Gasteiger partial charge in [-0.05, 0) is 55.3 Å². The summed E-state index contributed by atoms with van der Waals surface area (Å²) in [6.07, 6.45) is 1.87. The minimum Gasteiger partial charge on any atom is -0.462 e. The third kappa shape index (κ3) is 6.91. The predicted molar refractivity (Wildman–Crippen MR) is 88.7 cm³/mol. The van der Waals surface area contributed by atoms with Crippen molar-refractivity contribution in [1.82, 2.24) is 10.3 Å². The highest BCUT2D eigenvalue weighted by molar-refractivity contribution is 9.10. The van der Waals surface area contributed by atoms with E-state index < -0.39 is 0 Å². The summed E-state index contributed by atoms with van der Waals surface area (Å²) in [5.41, 5.74) is 0.920. The van der Waals surface area contributed by atoms with Gasteiger partial charge in [0.25, 0.3) is 6.47 Å². The average molecular weight is 358 g/mol. The molecular weight excluding hydrogens is 334 g/mol. The molecule has 0 unspecified atom stereocenters. The number of pyridine rings is 1. The number of ether oxygens (including phenoxy) is 1. The molecule has 21 heavy (non-hydrogen) atoms. The van der Waals surface area contributed by atoms with Crippen LogP contribution in [0.1, 0.15) is 26.3 Å². The first-order valence-corrected chi connectivity index (χ1v) is 7.82. The Morgan fingerprint density at radius 2 is 2.00 bits per heavy atom. The molecule has 5 nitrogen and oxygen atoms in total. The van der Waals surface area contributed by atoms with E-state index in [1.165, 1.54) is 5.56 Å². The zero-order valence-electron chi connectivity index (χ0n) is 13.1. The monoisotopic (exact) mass is 357 g/mol. The van der Waals surface area contributed by atoms with Crippen LogP contribution in [0.2, 0.25) is 0 Å². The molecule has 118 valence electrons. The highest BCUT2D eigenvalue weighted by Gasteiger charge is 2.13. The van der Waals surface area contributed by atoms with E-state index in [0.29, 0.717) is 6.47 Å². The molecule has 1 aliphatic heterocycles. The Hall–Kier alpha value is -1.14. The van der Waals surface area contributed by atoms with Crippen molar-refractivity contribution in [3.63, 3.8) is 0 Å². The van der Waals surface area contributed by atoms with Crippen LogP contribution in [0, 0.1) is 6.92 Å². The zero-order chi connectivity index (χ0) is 15.9. The van der Waals surface area contributed by atoms with Crippen LogP contribution in [-0.4, -0.2) is 43.2 Å². The number of carbonyl (C=O) groups is 1. The van der Waals surface area contributed by atoms with Crippen LogP contribution in [-0.2, 0) is 9.53 Å². The topological polar surface area (TPSA) is 54.5 Å². The van der Waals surface area contributed by atoms with Crippen molar-refractivity contribution in [2.24, 2.45) is 0 Å². The Balaban J connectivity index is 0.000000270. The molecule has 1 saturated heterocycles. The van der Waals surface area contributed by atoms with E-state index in [-0.39, 0.29) is 5.60 Å². The second-order valence-electron chi connectivity index (χ2n) is 5.86. The van der Waals surface area contributed by atoms with Crippen molar-refractivity contribution in [1.29, 1.82) is 0 Å². The van der Waals surface area contributed by atoms with Crippen LogP contribution in [0.25, 0.3) is 0 Å². The zero-order valence-corrected chi connectivity index (χ0v) is 14.7. The first-order valence-electron chi connectivity index (χ1n) is 7.03. The van der Waals surface area contributed by atoms with Crippen LogP contribution < -0.4 is 10.2 Å². The summed E-state index contributed by atoms with van der Waals surface area (Å²) in [5, 5.41) is 3.34. The van der Waals surface area contributed by atoms with E-state index in [9.17, 15) is 4.79 Å². The lowest BCUT2D eigenvalue weighted by molar-refractivity contribution is -0.138. The fourth-order valence-corrected chi connectivity index (χ4v) is 2.33. The van der Waals surface area contributed by atoms with Crippen molar-refractivity contribution in [2.45, 2.75) is 33.3 Å². The molecule has 1 aromatic rings. The third-order valence-corrected chi connectivity index (χ3v) is 3.27. The number of aryl methyl sites for hydroxylation is 1. The van der Waals surface area contributed by atoms with Gasteiger partial charge in [0.15, 0.2) is 0 Å². The van der Waals surface area contributed by atoms with Crippen LogP contribution in [0.3, 0.4) is 0 Å². The van der Waals surface area contributed by atoms with Crippen molar-refractivity contribution in [2.75, 3.05) is 31.1 Å². The summed E-state index contributed by atoms with van der Waals surface area (Å²) >= 11 is 3.43. The Morgan fingerprint density at radius 1 is 1.38 bits per heavy atom. The second kappa shape index (κ2) is 8.34. The largest absolute Gasteiger partial charge is 0.462 e. The molecule has 0 amide bonds. The SMILES string of the molecule is CC(C)(C)OC=O.Cc1cc(Br)cnc1N1CCNCC1. The molecule has 0 aromatic carbocycles. The van der Waals surface area contributed by atoms with E-state index in [4.69, 9.17) is 0 Å². The number of piperazine rings is 1. The molecule has 0 radical (unpaired) electrons. The number of halogens is 1. The molecule has 2 rings (SSSR count). The maximum absolute atomic E-state index is 9.60. The quantitative estimate of drug-likeness (QED) is 0.824. The van der Waals surface area contributed by atoms with Crippen LogP contribution >= 0.6 is 15.9 Å². The Kier molecular flexibility index (Phi) is 7.11. The Labute approximate surface area is 135 Å². The predicted octanol–water partition coefficient (Wildman–Crippen LogP) is 2.52. The lowest BCUT2D eigenvalue weighted by Crippen LogP contribution is -2.44. The van der Waals surface area contributed by atoms with Crippen LogP contribution in [0.15, 0.2) is 16.7 Å². The first kappa shape index (κ1) is 17.9. The molecule has 2 heterocycles. The highest BCUT2D eigenvalue weighted by atomic mass is 79.9. The molecule has 0 saturated carbocycles. The highest BCUT2D eigenvalue weighted by Crippen LogP contribution is 2.20. The molecule has 0 aliphatic carbocycles. The van der Waals surface area contributed by atoms with Gasteiger partial charge in [0.05, 0.1) is 0 Å². The summed E-state index contributed by atoms with van der Waals surface area (Å²) in [7, 11) is 0. The van der Waals surface area contributed by atoms with Gasteiger partial charge in [-0.15, -0.1) is 0 Å². The normalized spacial score (nSPS) is 15.0. The van der Waals surface area contributed by atoms with E-state index in [1.54, 1.807) is 0 Å². The summed E-state index contributed by atoms with van der Waals surface area (Å²) in [6.45, 7) is 12.2. The number of anilines is 1. The van der Waals surface area contributed by atoms with E-state index in [0.717, 1.165) is 36.5 Å². The number of hydrogen-bond donors (Lipinski definition) is 1. The van der Waals surface area contributed by atoms with Gasteiger partial charge < -0.3 is 15.0 Å². The fraction of sp³-hybridized carbons (Fsp3) is 0.600. The van der Waals surface area contributed by atoms with Crippen molar-refractivity contribution < 1.29 is 9.53 Å². The smallest absolute Gasteiger partial charge is 0.293 e. The molecule has 1 aromatic heterocycles. The van der Waals surface area contributed by atoms with Gasteiger partial charge in [-0.1, -0.05) is 0 Å². The van der Waals surface area contributed by atoms with E-state index >= 15 is 0 Å². The summed E-state index contributed by atoms with van der Waals surface area (Å²) in [4.78, 5) is 16.4. The van der Waals surface area contributed by atoms with Gasteiger partial charge in [0, 0.05) is 36.8 Å². The molecular formula is C15H24BrN3O2. The number of hydrogen-bond acceptors (Lipinski definition) is 5. The minimum absolute atomic E-state index is 0.318. The third-order valence-electron chi connectivity index (χ3n) is 2.84. The van der Waals surface area contributed by atoms with Gasteiger partial charge in [-0.25, -0.2) is 4.98 Å². The maximum atomic E-state index is 9.60. The first-order chi connectivity index (χ1) is 9.83.